The van der Waals surface area contributed by atoms with Crippen molar-refractivity contribution in [3.8, 4) is 0 Å². The first-order chi connectivity index (χ1) is 9.70. The molecule has 0 aliphatic carbocycles. The highest BCUT2D eigenvalue weighted by atomic mass is 16.5. The summed E-state index contributed by atoms with van der Waals surface area (Å²) < 4.78 is 9.97. The Kier molecular flexibility index (Phi) is 12.7. The number of hydrogen-bond donors (Lipinski definition) is 0. The third kappa shape index (κ3) is 12.9. The van der Waals surface area contributed by atoms with Crippen molar-refractivity contribution in [2.24, 2.45) is 0 Å². The van der Waals surface area contributed by atoms with Crippen molar-refractivity contribution in [2.75, 3.05) is 13.2 Å². The Balaban J connectivity index is 3.50. The van der Waals surface area contributed by atoms with Crippen LogP contribution >= 0.6 is 0 Å². The van der Waals surface area contributed by atoms with E-state index < -0.39 is 0 Å². The monoisotopic (exact) mass is 282 g/mol. The molecule has 0 saturated carbocycles. The summed E-state index contributed by atoms with van der Waals surface area (Å²) in [7, 11) is 0. The van der Waals surface area contributed by atoms with Gasteiger partial charge in [-0.3, -0.25) is 9.59 Å². The minimum absolute atomic E-state index is 0.0844. The van der Waals surface area contributed by atoms with Crippen LogP contribution in [0, 0.1) is 0 Å². The Morgan fingerprint density at radius 2 is 1.15 bits per heavy atom. The van der Waals surface area contributed by atoms with Gasteiger partial charge in [-0.2, -0.15) is 0 Å². The Hall–Kier alpha value is -1.58. The molecule has 0 saturated heterocycles. The van der Waals surface area contributed by atoms with Crippen LogP contribution in [0.1, 0.15) is 52.4 Å². The van der Waals surface area contributed by atoms with Gasteiger partial charge in [0, 0.05) is 0 Å². The van der Waals surface area contributed by atoms with Gasteiger partial charge in [0.05, 0.1) is 26.1 Å². The fraction of sp³-hybridized carbons (Fsp3) is 0.625. The Labute approximate surface area is 121 Å². The van der Waals surface area contributed by atoms with E-state index >= 15 is 0 Å². The summed E-state index contributed by atoms with van der Waals surface area (Å²) in [5, 5.41) is 0. The minimum atomic E-state index is -0.349. The van der Waals surface area contributed by atoms with Crippen molar-refractivity contribution in [1.29, 1.82) is 0 Å². The highest BCUT2D eigenvalue weighted by Gasteiger charge is 2.08. The second-order valence-electron chi connectivity index (χ2n) is 4.28. The molecular formula is C16H26O4. The van der Waals surface area contributed by atoms with E-state index in [0.717, 1.165) is 12.8 Å². The second kappa shape index (κ2) is 13.8. The van der Waals surface area contributed by atoms with Crippen LogP contribution in [0.25, 0.3) is 0 Å². The van der Waals surface area contributed by atoms with Crippen LogP contribution in [0.2, 0.25) is 0 Å². The predicted octanol–water partition coefficient (Wildman–Crippen LogP) is 3.57. The topological polar surface area (TPSA) is 52.6 Å². The lowest BCUT2D eigenvalue weighted by Crippen LogP contribution is -2.11. The van der Waals surface area contributed by atoms with Gasteiger partial charge >= 0.3 is 11.9 Å². The van der Waals surface area contributed by atoms with Gasteiger partial charge in [-0.25, -0.2) is 0 Å². The molecule has 114 valence electrons. The molecule has 4 heteroatoms. The largest absolute Gasteiger partial charge is 0.465 e. The minimum Gasteiger partial charge on any atom is -0.465 e. The standard InChI is InChI=1S/C16H26O4/c1-3-5-7-9-13-19-15(17)11-12-16(18)20-14-10-8-6-4-2/h5-8H,3-4,9-14H2,1-2H3/b7-5-,8-6-. The molecule has 0 atom stereocenters. The zero-order chi connectivity index (χ0) is 15.1. The van der Waals surface area contributed by atoms with E-state index in [0.29, 0.717) is 26.1 Å². The van der Waals surface area contributed by atoms with Crippen molar-refractivity contribution < 1.29 is 19.1 Å². The highest BCUT2D eigenvalue weighted by Crippen LogP contribution is 1.98. The molecule has 0 fully saturated rings. The van der Waals surface area contributed by atoms with Crippen molar-refractivity contribution in [2.45, 2.75) is 52.4 Å². The molecule has 4 nitrogen and oxygen atoms in total. The SMILES string of the molecule is CC/C=C\CCOC(=O)CCC(=O)OCC/C=C\CC. The van der Waals surface area contributed by atoms with Crippen LogP contribution in [-0.4, -0.2) is 25.2 Å². The van der Waals surface area contributed by atoms with Gasteiger partial charge < -0.3 is 9.47 Å². The lowest BCUT2D eigenvalue weighted by atomic mass is 10.3. The van der Waals surface area contributed by atoms with Gasteiger partial charge in [-0.15, -0.1) is 0 Å². The maximum Gasteiger partial charge on any atom is 0.306 e. The van der Waals surface area contributed by atoms with Crippen LogP contribution in [0.5, 0.6) is 0 Å². The number of carbonyl (C=O) groups is 2. The Bertz CT molecular complexity index is 286. The lowest BCUT2D eigenvalue weighted by molar-refractivity contribution is -0.150. The first kappa shape index (κ1) is 18.4. The predicted molar refractivity (Wildman–Crippen MR) is 79.2 cm³/mol. The number of hydrogen-bond acceptors (Lipinski definition) is 4. The molecule has 0 aromatic heterocycles. The molecule has 0 aromatic rings. The van der Waals surface area contributed by atoms with Gasteiger partial charge in [-0.05, 0) is 25.7 Å². The van der Waals surface area contributed by atoms with E-state index in [1.165, 1.54) is 0 Å². The molecule has 0 aliphatic heterocycles. The van der Waals surface area contributed by atoms with E-state index in [1.807, 2.05) is 38.2 Å². The van der Waals surface area contributed by atoms with Gasteiger partial charge in [0.15, 0.2) is 0 Å². The summed E-state index contributed by atoms with van der Waals surface area (Å²) in [4.78, 5) is 22.7. The fourth-order valence-corrected chi connectivity index (χ4v) is 1.40. The lowest BCUT2D eigenvalue weighted by Gasteiger charge is -2.04. The third-order valence-corrected chi connectivity index (χ3v) is 2.43. The molecule has 0 bridgehead atoms. The number of rotatable bonds is 11. The van der Waals surface area contributed by atoms with Crippen molar-refractivity contribution in [3.63, 3.8) is 0 Å². The van der Waals surface area contributed by atoms with Gasteiger partial charge in [-0.1, -0.05) is 38.2 Å². The van der Waals surface area contributed by atoms with Crippen molar-refractivity contribution in [3.05, 3.63) is 24.3 Å². The smallest absolute Gasteiger partial charge is 0.306 e. The van der Waals surface area contributed by atoms with Crippen LogP contribution in [-0.2, 0) is 19.1 Å². The molecule has 0 N–H and O–H groups in total. The summed E-state index contributed by atoms with van der Waals surface area (Å²) in [5.41, 5.74) is 0. The average molecular weight is 282 g/mol. The third-order valence-electron chi connectivity index (χ3n) is 2.43. The quantitative estimate of drug-likeness (QED) is 0.330. The fourth-order valence-electron chi connectivity index (χ4n) is 1.40. The molecule has 0 aromatic carbocycles. The van der Waals surface area contributed by atoms with E-state index in [1.54, 1.807) is 0 Å². The summed E-state index contributed by atoms with van der Waals surface area (Å²) in [6.45, 7) is 4.83. The number of esters is 2. The molecule has 0 rings (SSSR count). The number of allylic oxidation sites excluding steroid dienone is 2. The maximum atomic E-state index is 11.3. The maximum absolute atomic E-state index is 11.3. The first-order valence-corrected chi connectivity index (χ1v) is 7.31. The van der Waals surface area contributed by atoms with Crippen LogP contribution in [0.3, 0.4) is 0 Å². The van der Waals surface area contributed by atoms with E-state index in [9.17, 15) is 9.59 Å². The Morgan fingerprint density at radius 1 is 0.750 bits per heavy atom. The molecule has 0 heterocycles. The zero-order valence-corrected chi connectivity index (χ0v) is 12.6. The van der Waals surface area contributed by atoms with E-state index in [2.05, 4.69) is 0 Å². The highest BCUT2D eigenvalue weighted by molar-refractivity contribution is 5.77. The molecule has 0 unspecified atom stereocenters. The summed E-state index contributed by atoms with van der Waals surface area (Å²) >= 11 is 0. The van der Waals surface area contributed by atoms with Crippen molar-refractivity contribution >= 4 is 11.9 Å². The van der Waals surface area contributed by atoms with Gasteiger partial charge in [0.1, 0.15) is 0 Å². The van der Waals surface area contributed by atoms with Gasteiger partial charge in [0.2, 0.25) is 0 Å². The second-order valence-corrected chi connectivity index (χ2v) is 4.28. The summed E-state index contributed by atoms with van der Waals surface area (Å²) in [6.07, 6.45) is 11.6. The molecular weight excluding hydrogens is 256 g/mol. The molecule has 20 heavy (non-hydrogen) atoms. The van der Waals surface area contributed by atoms with Crippen LogP contribution < -0.4 is 0 Å². The van der Waals surface area contributed by atoms with Crippen LogP contribution in [0.15, 0.2) is 24.3 Å². The molecule has 0 radical (unpaired) electrons. The normalized spacial score (nSPS) is 11.1. The summed E-state index contributed by atoms with van der Waals surface area (Å²) in [5.74, 6) is -0.699. The Morgan fingerprint density at radius 3 is 1.50 bits per heavy atom. The molecule has 0 aliphatic rings. The zero-order valence-electron chi connectivity index (χ0n) is 12.6. The number of ether oxygens (including phenoxy) is 2. The molecule has 0 spiro atoms. The van der Waals surface area contributed by atoms with E-state index in [-0.39, 0.29) is 24.8 Å². The first-order valence-electron chi connectivity index (χ1n) is 7.31. The van der Waals surface area contributed by atoms with Crippen molar-refractivity contribution in [1.82, 2.24) is 0 Å². The van der Waals surface area contributed by atoms with Crippen LogP contribution in [0.4, 0.5) is 0 Å². The van der Waals surface area contributed by atoms with Gasteiger partial charge in [0.25, 0.3) is 0 Å². The molecule has 0 amide bonds. The van der Waals surface area contributed by atoms with E-state index in [4.69, 9.17) is 9.47 Å². The summed E-state index contributed by atoms with van der Waals surface area (Å²) in [6, 6.07) is 0. The average Bonchev–Trinajstić information content (AvgIpc) is 2.44. The number of carbonyl (C=O) groups excluding carboxylic acids is 2.